The average Bonchev–Trinajstić information content (AvgIpc) is 3.24. The van der Waals surface area contributed by atoms with E-state index in [9.17, 15) is 19.2 Å². The number of aromatic amines is 1. The lowest BCUT2D eigenvalue weighted by Crippen LogP contribution is -2.59. The monoisotopic (exact) mass is 474 g/mol. The topological polar surface area (TPSA) is 143 Å². The highest BCUT2D eigenvalue weighted by Crippen LogP contribution is 2.40. The van der Waals surface area contributed by atoms with Gasteiger partial charge in [-0.3, -0.25) is 24.3 Å². The second kappa shape index (κ2) is 10.9. The molecule has 1 aliphatic rings. The SMILES string of the molecule is CC(=O)OC[C@H]1O[C@@H](c2cn[nH]c2-c2ccccc2)[C@H](OC(C)=O)[C@@H](OC(C)=O)[C@@H]1OC(C)=O. The summed E-state index contributed by atoms with van der Waals surface area (Å²) in [6.07, 6.45) is -4.19. The molecule has 1 saturated heterocycles. The molecule has 0 unspecified atom stereocenters. The van der Waals surface area contributed by atoms with Crippen LogP contribution in [0.3, 0.4) is 0 Å². The molecule has 0 radical (unpaired) electrons. The molecule has 1 aromatic carbocycles. The number of H-pyrrole nitrogens is 1. The van der Waals surface area contributed by atoms with Gasteiger partial charge in [-0.25, -0.2) is 0 Å². The average molecular weight is 474 g/mol. The Bertz CT molecular complexity index is 1040. The highest BCUT2D eigenvalue weighted by atomic mass is 16.7. The van der Waals surface area contributed by atoms with Gasteiger partial charge in [0.15, 0.2) is 18.3 Å². The van der Waals surface area contributed by atoms with E-state index in [2.05, 4.69) is 10.2 Å². The molecule has 34 heavy (non-hydrogen) atoms. The van der Waals surface area contributed by atoms with E-state index in [1.807, 2.05) is 30.3 Å². The van der Waals surface area contributed by atoms with Crippen molar-refractivity contribution in [3.05, 3.63) is 42.1 Å². The Kier molecular flexibility index (Phi) is 8.00. The minimum Gasteiger partial charge on any atom is -0.463 e. The Labute approximate surface area is 195 Å². The van der Waals surface area contributed by atoms with Gasteiger partial charge in [0.1, 0.15) is 18.8 Å². The van der Waals surface area contributed by atoms with Crippen molar-refractivity contribution < 1.29 is 42.9 Å². The van der Waals surface area contributed by atoms with Crippen molar-refractivity contribution in [1.82, 2.24) is 10.2 Å². The molecule has 1 aromatic heterocycles. The fraction of sp³-hybridized carbons (Fsp3) is 0.435. The number of benzene rings is 1. The number of carbonyl (C=O) groups excluding carboxylic acids is 4. The zero-order chi connectivity index (χ0) is 24.8. The van der Waals surface area contributed by atoms with Gasteiger partial charge in [-0.1, -0.05) is 30.3 Å². The van der Waals surface area contributed by atoms with Crippen LogP contribution in [0.15, 0.2) is 36.5 Å². The highest BCUT2D eigenvalue weighted by molar-refractivity contribution is 5.69. The molecule has 0 spiro atoms. The van der Waals surface area contributed by atoms with E-state index in [1.54, 1.807) is 0 Å². The number of rotatable bonds is 7. The fourth-order valence-electron chi connectivity index (χ4n) is 3.83. The first kappa shape index (κ1) is 24.9. The highest BCUT2D eigenvalue weighted by Gasteiger charge is 2.53. The van der Waals surface area contributed by atoms with Crippen molar-refractivity contribution in [1.29, 1.82) is 0 Å². The molecular formula is C23H26N2O9. The molecule has 11 nitrogen and oxygen atoms in total. The van der Waals surface area contributed by atoms with E-state index in [-0.39, 0.29) is 6.61 Å². The van der Waals surface area contributed by atoms with Gasteiger partial charge in [-0.15, -0.1) is 0 Å². The molecule has 5 atom stereocenters. The Morgan fingerprint density at radius 1 is 0.853 bits per heavy atom. The summed E-state index contributed by atoms with van der Waals surface area (Å²) in [5, 5.41) is 7.02. The van der Waals surface area contributed by atoms with Gasteiger partial charge in [-0.2, -0.15) is 5.10 Å². The molecule has 182 valence electrons. The predicted molar refractivity (Wildman–Crippen MR) is 115 cm³/mol. The Morgan fingerprint density at radius 3 is 2.03 bits per heavy atom. The van der Waals surface area contributed by atoms with Crippen LogP contribution in [-0.4, -0.2) is 65.1 Å². The van der Waals surface area contributed by atoms with Crippen LogP contribution in [0, 0.1) is 0 Å². The predicted octanol–water partition coefficient (Wildman–Crippen LogP) is 1.87. The van der Waals surface area contributed by atoms with Gasteiger partial charge in [0.25, 0.3) is 0 Å². The van der Waals surface area contributed by atoms with Gasteiger partial charge in [0.2, 0.25) is 0 Å². The van der Waals surface area contributed by atoms with Crippen LogP contribution in [0.5, 0.6) is 0 Å². The van der Waals surface area contributed by atoms with E-state index < -0.39 is 54.4 Å². The number of ether oxygens (including phenoxy) is 5. The third-order valence-corrected chi connectivity index (χ3v) is 5.03. The molecule has 1 aliphatic heterocycles. The Balaban J connectivity index is 2.10. The van der Waals surface area contributed by atoms with Crippen LogP contribution in [0.25, 0.3) is 11.3 Å². The number of aromatic nitrogens is 2. The standard InChI is InChI=1S/C23H26N2O9/c1-12(26)30-11-18-21(31-13(2)27)23(33-15(4)29)22(32-14(3)28)20(34-18)17-10-24-25-19(17)16-8-6-5-7-9-16/h5-10,18,20-23H,11H2,1-4H3,(H,24,25)/t18-,20+,21-,22+,23+/m1/s1. The van der Waals surface area contributed by atoms with Gasteiger partial charge < -0.3 is 23.7 Å². The van der Waals surface area contributed by atoms with Crippen LogP contribution < -0.4 is 0 Å². The number of hydrogen-bond acceptors (Lipinski definition) is 10. The lowest BCUT2D eigenvalue weighted by Gasteiger charge is -2.44. The van der Waals surface area contributed by atoms with Crippen LogP contribution >= 0.6 is 0 Å². The smallest absolute Gasteiger partial charge is 0.303 e. The second-order valence-electron chi connectivity index (χ2n) is 7.69. The number of carbonyl (C=O) groups is 4. The first-order valence-electron chi connectivity index (χ1n) is 10.6. The van der Waals surface area contributed by atoms with E-state index in [0.717, 1.165) is 5.56 Å². The molecule has 2 aromatic rings. The number of nitrogens with one attached hydrogen (secondary N) is 1. The fourth-order valence-corrected chi connectivity index (χ4v) is 3.83. The van der Waals surface area contributed by atoms with E-state index in [4.69, 9.17) is 23.7 Å². The molecule has 0 saturated carbocycles. The number of esters is 4. The summed E-state index contributed by atoms with van der Waals surface area (Å²) in [6.45, 7) is 4.46. The summed E-state index contributed by atoms with van der Waals surface area (Å²) >= 11 is 0. The van der Waals surface area contributed by atoms with Crippen molar-refractivity contribution in [2.24, 2.45) is 0 Å². The summed E-state index contributed by atoms with van der Waals surface area (Å²) in [4.78, 5) is 47.3. The van der Waals surface area contributed by atoms with Crippen molar-refractivity contribution in [3.63, 3.8) is 0 Å². The van der Waals surface area contributed by atoms with Crippen LogP contribution in [0.1, 0.15) is 39.4 Å². The molecule has 0 aliphatic carbocycles. The van der Waals surface area contributed by atoms with Crippen LogP contribution in [-0.2, 0) is 42.9 Å². The maximum absolute atomic E-state index is 12.0. The third kappa shape index (κ3) is 5.98. The minimum absolute atomic E-state index is 0.299. The molecule has 0 bridgehead atoms. The second-order valence-corrected chi connectivity index (χ2v) is 7.69. The van der Waals surface area contributed by atoms with Gasteiger partial charge in [0, 0.05) is 33.3 Å². The molecular weight excluding hydrogens is 448 g/mol. The van der Waals surface area contributed by atoms with Crippen molar-refractivity contribution in [2.75, 3.05) is 6.61 Å². The summed E-state index contributed by atoms with van der Waals surface area (Å²) in [7, 11) is 0. The lowest BCUT2D eigenvalue weighted by molar-refractivity contribution is -0.254. The summed E-state index contributed by atoms with van der Waals surface area (Å²) < 4.78 is 27.7. The lowest BCUT2D eigenvalue weighted by atomic mass is 9.89. The summed E-state index contributed by atoms with van der Waals surface area (Å²) in [5.41, 5.74) is 1.87. The number of hydrogen-bond donors (Lipinski definition) is 1. The maximum atomic E-state index is 12.0. The molecule has 1 N–H and O–H groups in total. The first-order valence-corrected chi connectivity index (χ1v) is 10.6. The molecule has 1 fully saturated rings. The Hall–Kier alpha value is -3.73. The largest absolute Gasteiger partial charge is 0.463 e. The maximum Gasteiger partial charge on any atom is 0.303 e. The zero-order valence-corrected chi connectivity index (χ0v) is 19.2. The molecule has 0 amide bonds. The van der Waals surface area contributed by atoms with E-state index in [0.29, 0.717) is 11.3 Å². The number of nitrogens with zero attached hydrogens (tertiary/aromatic N) is 1. The van der Waals surface area contributed by atoms with Crippen molar-refractivity contribution in [3.8, 4) is 11.3 Å². The molecule has 11 heteroatoms. The van der Waals surface area contributed by atoms with Gasteiger partial charge in [-0.05, 0) is 5.56 Å². The summed E-state index contributed by atoms with van der Waals surface area (Å²) in [5.74, 6) is -2.63. The minimum atomic E-state index is -1.25. The van der Waals surface area contributed by atoms with Gasteiger partial charge >= 0.3 is 23.9 Å². The van der Waals surface area contributed by atoms with E-state index >= 15 is 0 Å². The van der Waals surface area contributed by atoms with Gasteiger partial charge in [0.05, 0.1) is 11.9 Å². The zero-order valence-electron chi connectivity index (χ0n) is 19.2. The Morgan fingerprint density at radius 2 is 1.44 bits per heavy atom. The first-order chi connectivity index (χ1) is 16.2. The van der Waals surface area contributed by atoms with Crippen LogP contribution in [0.4, 0.5) is 0 Å². The van der Waals surface area contributed by atoms with Crippen LogP contribution in [0.2, 0.25) is 0 Å². The molecule has 3 rings (SSSR count). The van der Waals surface area contributed by atoms with Crippen molar-refractivity contribution >= 4 is 23.9 Å². The normalized spacial score (nSPS) is 24.1. The summed E-state index contributed by atoms with van der Waals surface area (Å²) in [6, 6.07) is 9.23. The van der Waals surface area contributed by atoms with Crippen molar-refractivity contribution in [2.45, 2.75) is 58.2 Å². The quantitative estimate of drug-likeness (QED) is 0.466. The molecule has 2 heterocycles. The third-order valence-electron chi connectivity index (χ3n) is 5.03. The van der Waals surface area contributed by atoms with E-state index in [1.165, 1.54) is 33.9 Å².